The molecule has 0 aromatic heterocycles. The number of ether oxygens (including phenoxy) is 7. The van der Waals surface area contributed by atoms with Gasteiger partial charge in [0.05, 0.1) is 19.3 Å². The van der Waals surface area contributed by atoms with E-state index in [2.05, 4.69) is 0 Å². The standard InChI is InChI=1S/C33H40O17/c1-15-26(42)29(46-16(2)35)27(43)32(45-15)50-30-28(49-25(41)9-6-18-4-7-20(37)22(39)12-18)24(14-34)48-33(31(30)47-17(3)36)44-11-10-19-5-8-21(38)23(40)13-19/h4-9,12-13,15,24,26-34,37-40,42-43H,10-11,14H2,1-3H3/b9-6+/t15-,24+,26-,27+,28+,29+,30-,31+,32-,33+/m0/s1. The molecule has 2 fully saturated rings. The first-order chi connectivity index (χ1) is 23.7. The highest BCUT2D eigenvalue weighted by atomic mass is 16.8. The number of carbonyl (C=O) groups excluding carboxylic acids is 3. The Bertz CT molecular complexity index is 1530. The van der Waals surface area contributed by atoms with Gasteiger partial charge < -0.3 is 68.9 Å². The monoisotopic (exact) mass is 708 g/mol. The predicted molar refractivity (Wildman–Crippen MR) is 166 cm³/mol. The molecular weight excluding hydrogens is 668 g/mol. The Morgan fingerprint density at radius 1 is 0.760 bits per heavy atom. The van der Waals surface area contributed by atoms with Crippen molar-refractivity contribution in [1.82, 2.24) is 0 Å². The van der Waals surface area contributed by atoms with Crippen molar-refractivity contribution in [2.45, 2.75) is 88.6 Å². The molecule has 0 spiro atoms. The third-order valence-corrected chi connectivity index (χ3v) is 7.82. The van der Waals surface area contributed by atoms with E-state index in [0.717, 1.165) is 19.9 Å². The van der Waals surface area contributed by atoms with Crippen molar-refractivity contribution in [3.8, 4) is 23.0 Å². The molecule has 2 aromatic carbocycles. The molecule has 0 bridgehead atoms. The molecule has 2 aromatic rings. The largest absolute Gasteiger partial charge is 0.504 e. The first-order valence-corrected chi connectivity index (χ1v) is 15.5. The lowest BCUT2D eigenvalue weighted by Crippen LogP contribution is -2.66. The summed E-state index contributed by atoms with van der Waals surface area (Å²) in [5.74, 6) is -4.19. The van der Waals surface area contributed by atoms with Crippen molar-refractivity contribution in [2.24, 2.45) is 0 Å². The minimum atomic E-state index is -1.81. The molecule has 7 N–H and O–H groups in total. The molecule has 4 rings (SSSR count). The predicted octanol–water partition coefficient (Wildman–Crippen LogP) is 0.126. The molecule has 0 amide bonds. The molecule has 2 aliphatic heterocycles. The highest BCUT2D eigenvalue weighted by Crippen LogP contribution is 2.34. The van der Waals surface area contributed by atoms with Gasteiger partial charge in [-0.3, -0.25) is 9.59 Å². The highest BCUT2D eigenvalue weighted by molar-refractivity contribution is 5.87. The lowest BCUT2D eigenvalue weighted by Gasteiger charge is -2.47. The van der Waals surface area contributed by atoms with Crippen molar-refractivity contribution in [2.75, 3.05) is 13.2 Å². The first-order valence-electron chi connectivity index (χ1n) is 15.5. The molecule has 17 heteroatoms. The Morgan fingerprint density at radius 2 is 1.40 bits per heavy atom. The van der Waals surface area contributed by atoms with Gasteiger partial charge in [0.1, 0.15) is 24.4 Å². The van der Waals surface area contributed by atoms with Crippen LogP contribution in [-0.4, -0.2) is 128 Å². The van der Waals surface area contributed by atoms with Crippen LogP contribution in [0.3, 0.4) is 0 Å². The maximum Gasteiger partial charge on any atom is 0.331 e. The molecular formula is C33H40O17. The summed E-state index contributed by atoms with van der Waals surface area (Å²) in [6.45, 7) is 2.66. The number of phenolic OH excluding ortho intramolecular Hbond substituents is 4. The Morgan fingerprint density at radius 3 is 2.02 bits per heavy atom. The summed E-state index contributed by atoms with van der Waals surface area (Å²) < 4.78 is 39.9. The van der Waals surface area contributed by atoms with Crippen LogP contribution in [0.2, 0.25) is 0 Å². The van der Waals surface area contributed by atoms with Crippen molar-refractivity contribution in [1.29, 1.82) is 0 Å². The number of aliphatic hydroxyl groups excluding tert-OH is 3. The number of hydrogen-bond donors (Lipinski definition) is 7. The van der Waals surface area contributed by atoms with Crippen LogP contribution in [0, 0.1) is 0 Å². The minimum Gasteiger partial charge on any atom is -0.504 e. The van der Waals surface area contributed by atoms with Gasteiger partial charge in [-0.2, -0.15) is 0 Å². The summed E-state index contributed by atoms with van der Waals surface area (Å²) in [4.78, 5) is 37.2. The molecule has 2 aliphatic rings. The van der Waals surface area contributed by atoms with E-state index in [0.29, 0.717) is 11.1 Å². The summed E-state index contributed by atoms with van der Waals surface area (Å²) in [7, 11) is 0. The molecule has 2 heterocycles. The van der Waals surface area contributed by atoms with E-state index < -0.39 is 91.7 Å². The van der Waals surface area contributed by atoms with Crippen LogP contribution in [0.1, 0.15) is 31.9 Å². The number of benzene rings is 2. The van der Waals surface area contributed by atoms with Gasteiger partial charge in [0.15, 0.2) is 53.9 Å². The Kier molecular flexibility index (Phi) is 13.0. The normalized spacial score (nSPS) is 29.7. The average Bonchev–Trinajstić information content (AvgIpc) is 3.05. The van der Waals surface area contributed by atoms with Gasteiger partial charge in [-0.1, -0.05) is 12.1 Å². The number of aliphatic hydroxyl groups is 3. The van der Waals surface area contributed by atoms with Gasteiger partial charge in [-0.05, 0) is 54.8 Å². The molecule has 0 saturated carbocycles. The van der Waals surface area contributed by atoms with Gasteiger partial charge in [0.25, 0.3) is 0 Å². The van der Waals surface area contributed by atoms with Crippen molar-refractivity contribution >= 4 is 24.0 Å². The van der Waals surface area contributed by atoms with Gasteiger partial charge in [-0.15, -0.1) is 0 Å². The molecule has 2 saturated heterocycles. The molecule has 50 heavy (non-hydrogen) atoms. The maximum atomic E-state index is 13.1. The highest BCUT2D eigenvalue weighted by Gasteiger charge is 2.54. The number of phenols is 4. The van der Waals surface area contributed by atoms with E-state index in [1.54, 1.807) is 0 Å². The second-order valence-electron chi connectivity index (χ2n) is 11.6. The van der Waals surface area contributed by atoms with E-state index >= 15 is 0 Å². The zero-order valence-electron chi connectivity index (χ0n) is 27.2. The number of aromatic hydroxyl groups is 4. The van der Waals surface area contributed by atoms with E-state index in [-0.39, 0.29) is 30.3 Å². The van der Waals surface area contributed by atoms with Crippen molar-refractivity contribution in [3.05, 3.63) is 53.6 Å². The Labute approximate surface area is 285 Å². The number of hydrogen-bond acceptors (Lipinski definition) is 17. The van der Waals surface area contributed by atoms with Crippen LogP contribution in [0.4, 0.5) is 0 Å². The van der Waals surface area contributed by atoms with Crippen LogP contribution < -0.4 is 0 Å². The zero-order chi connectivity index (χ0) is 36.7. The molecule has 17 nitrogen and oxygen atoms in total. The smallest absolute Gasteiger partial charge is 0.331 e. The molecule has 0 aliphatic carbocycles. The van der Waals surface area contributed by atoms with E-state index in [9.17, 15) is 50.1 Å². The second-order valence-corrected chi connectivity index (χ2v) is 11.6. The van der Waals surface area contributed by atoms with Crippen molar-refractivity contribution < 1.29 is 83.3 Å². The van der Waals surface area contributed by atoms with Gasteiger partial charge in [0, 0.05) is 19.9 Å². The SMILES string of the molecule is CC(=O)O[C@@H]1[C@@H](O)[C@H](C)O[C@@H](O[C@@H]2[C@@H](OC(C)=O)[C@H](OCCc3ccc(O)c(O)c3)O[C@H](CO)[C@H]2OC(=O)/C=C/c2ccc(O)c(O)c2)[C@@H]1O. The second kappa shape index (κ2) is 16.9. The average molecular weight is 709 g/mol. The van der Waals surface area contributed by atoms with E-state index in [1.807, 2.05) is 0 Å². The van der Waals surface area contributed by atoms with Crippen molar-refractivity contribution in [3.63, 3.8) is 0 Å². The van der Waals surface area contributed by atoms with Gasteiger partial charge in [0.2, 0.25) is 0 Å². The van der Waals surface area contributed by atoms with Crippen LogP contribution >= 0.6 is 0 Å². The molecule has 10 atom stereocenters. The quantitative estimate of drug-likeness (QED) is 0.0669. The molecule has 0 radical (unpaired) electrons. The maximum absolute atomic E-state index is 13.1. The van der Waals surface area contributed by atoms with Gasteiger partial charge >= 0.3 is 17.9 Å². The topological polar surface area (TPSA) is 257 Å². The lowest BCUT2D eigenvalue weighted by molar-refractivity contribution is -0.358. The lowest BCUT2D eigenvalue weighted by atomic mass is 9.96. The number of rotatable bonds is 12. The molecule has 274 valence electrons. The fourth-order valence-electron chi connectivity index (χ4n) is 5.37. The van der Waals surface area contributed by atoms with Crippen LogP contribution in [0.5, 0.6) is 23.0 Å². The summed E-state index contributed by atoms with van der Waals surface area (Å²) in [6.07, 6.45) is -12.7. The third-order valence-electron chi connectivity index (χ3n) is 7.82. The Hall–Kier alpha value is -4.49. The molecule has 0 unspecified atom stereocenters. The third kappa shape index (κ3) is 9.60. The van der Waals surface area contributed by atoms with E-state index in [1.165, 1.54) is 49.4 Å². The zero-order valence-corrected chi connectivity index (χ0v) is 27.2. The number of carbonyl (C=O) groups is 3. The van der Waals surface area contributed by atoms with Crippen LogP contribution in [0.15, 0.2) is 42.5 Å². The van der Waals surface area contributed by atoms with E-state index in [4.69, 9.17) is 33.2 Å². The summed E-state index contributed by atoms with van der Waals surface area (Å²) in [5.41, 5.74) is 0.856. The summed E-state index contributed by atoms with van der Waals surface area (Å²) in [5, 5.41) is 70.8. The van der Waals surface area contributed by atoms with Crippen LogP contribution in [0.25, 0.3) is 6.08 Å². The summed E-state index contributed by atoms with van der Waals surface area (Å²) in [6, 6.07) is 7.91. The first kappa shape index (κ1) is 38.3. The Balaban J connectivity index is 1.65. The number of esters is 3. The minimum absolute atomic E-state index is 0.121. The van der Waals surface area contributed by atoms with Crippen LogP contribution in [-0.2, 0) is 54.0 Å². The van der Waals surface area contributed by atoms with Gasteiger partial charge in [-0.25, -0.2) is 4.79 Å². The fraction of sp³-hybridized carbons (Fsp3) is 0.485. The summed E-state index contributed by atoms with van der Waals surface area (Å²) >= 11 is 0. The fourth-order valence-corrected chi connectivity index (χ4v) is 5.37.